The smallest absolute Gasteiger partial charge is 0.234 e. The fourth-order valence-electron chi connectivity index (χ4n) is 2.73. The lowest BCUT2D eigenvalue weighted by molar-refractivity contribution is -0.121. The average molecular weight is 402 g/mol. The standard InChI is InChI=1S/C19H16ClN3O3S/c1-11-14(20)4-2-5-15(11)22-18(25)10-27-19-13(9-21)12(8-17(24)23-19)16-6-3-7-26-16/h2-7,12H,8,10H2,1H3,(H,22,25)(H,23,24)/t12-/m1/s1. The number of benzene rings is 1. The molecule has 0 saturated heterocycles. The molecule has 0 fully saturated rings. The van der Waals surface area contributed by atoms with E-state index in [1.54, 1.807) is 30.3 Å². The van der Waals surface area contributed by atoms with Crippen molar-refractivity contribution in [1.29, 1.82) is 5.26 Å². The monoisotopic (exact) mass is 401 g/mol. The molecule has 2 amide bonds. The number of carbonyl (C=O) groups is 2. The fourth-order valence-corrected chi connectivity index (χ4v) is 3.78. The zero-order valence-electron chi connectivity index (χ0n) is 14.4. The second-order valence-corrected chi connectivity index (χ2v) is 7.32. The van der Waals surface area contributed by atoms with Crippen LogP contribution in [0.4, 0.5) is 5.69 Å². The highest BCUT2D eigenvalue weighted by Gasteiger charge is 2.31. The van der Waals surface area contributed by atoms with E-state index < -0.39 is 5.92 Å². The Morgan fingerprint density at radius 1 is 1.44 bits per heavy atom. The number of anilines is 1. The maximum Gasteiger partial charge on any atom is 0.234 e. The summed E-state index contributed by atoms with van der Waals surface area (Å²) in [6, 6.07) is 10.8. The maximum atomic E-state index is 12.3. The highest BCUT2D eigenvalue weighted by Crippen LogP contribution is 2.36. The van der Waals surface area contributed by atoms with E-state index >= 15 is 0 Å². The Morgan fingerprint density at radius 2 is 2.26 bits per heavy atom. The van der Waals surface area contributed by atoms with Gasteiger partial charge in [-0.2, -0.15) is 5.26 Å². The summed E-state index contributed by atoms with van der Waals surface area (Å²) in [6.07, 6.45) is 1.64. The highest BCUT2D eigenvalue weighted by atomic mass is 35.5. The van der Waals surface area contributed by atoms with Crippen molar-refractivity contribution in [1.82, 2.24) is 5.32 Å². The van der Waals surface area contributed by atoms with Crippen molar-refractivity contribution < 1.29 is 14.0 Å². The predicted octanol–water partition coefficient (Wildman–Crippen LogP) is 3.95. The second-order valence-electron chi connectivity index (χ2n) is 5.92. The van der Waals surface area contributed by atoms with Crippen LogP contribution in [0.5, 0.6) is 0 Å². The number of hydrogen-bond acceptors (Lipinski definition) is 5. The zero-order chi connectivity index (χ0) is 19.4. The molecular weight excluding hydrogens is 386 g/mol. The molecule has 1 atom stereocenters. The molecule has 8 heteroatoms. The number of halogens is 1. The molecule has 27 heavy (non-hydrogen) atoms. The SMILES string of the molecule is Cc1c(Cl)cccc1NC(=O)CSC1=C(C#N)[C@H](c2ccco2)CC(=O)N1. The fraction of sp³-hybridized carbons (Fsp3) is 0.211. The first-order valence-corrected chi connectivity index (χ1v) is 9.51. The molecule has 138 valence electrons. The van der Waals surface area contributed by atoms with Gasteiger partial charge in [-0.15, -0.1) is 0 Å². The first-order valence-electron chi connectivity index (χ1n) is 8.15. The van der Waals surface area contributed by atoms with Crippen molar-refractivity contribution >= 4 is 40.9 Å². The summed E-state index contributed by atoms with van der Waals surface area (Å²) in [5.41, 5.74) is 1.79. The molecule has 0 spiro atoms. The van der Waals surface area contributed by atoms with Gasteiger partial charge in [0.05, 0.1) is 34.6 Å². The van der Waals surface area contributed by atoms with E-state index in [0.29, 0.717) is 27.1 Å². The summed E-state index contributed by atoms with van der Waals surface area (Å²) in [7, 11) is 0. The number of nitrogens with one attached hydrogen (secondary N) is 2. The molecule has 2 aromatic rings. The van der Waals surface area contributed by atoms with Crippen LogP contribution in [0.1, 0.15) is 23.7 Å². The van der Waals surface area contributed by atoms with Crippen LogP contribution in [0, 0.1) is 18.3 Å². The molecule has 2 heterocycles. The maximum absolute atomic E-state index is 12.3. The molecule has 0 bridgehead atoms. The van der Waals surface area contributed by atoms with Crippen molar-refractivity contribution in [3.05, 3.63) is 63.5 Å². The zero-order valence-corrected chi connectivity index (χ0v) is 16.0. The lowest BCUT2D eigenvalue weighted by Gasteiger charge is -2.23. The number of thioether (sulfide) groups is 1. The van der Waals surface area contributed by atoms with Crippen LogP contribution in [0.3, 0.4) is 0 Å². The van der Waals surface area contributed by atoms with E-state index in [0.717, 1.165) is 17.3 Å². The molecule has 0 radical (unpaired) electrons. The summed E-state index contributed by atoms with van der Waals surface area (Å²) in [5, 5.41) is 16.0. The van der Waals surface area contributed by atoms with Crippen LogP contribution in [0.2, 0.25) is 5.02 Å². The first-order chi connectivity index (χ1) is 13.0. The summed E-state index contributed by atoms with van der Waals surface area (Å²) in [6.45, 7) is 1.82. The Labute approximate surface area is 165 Å². The molecule has 1 aliphatic rings. The quantitative estimate of drug-likeness (QED) is 0.790. The van der Waals surface area contributed by atoms with Crippen LogP contribution in [-0.2, 0) is 9.59 Å². The van der Waals surface area contributed by atoms with Gasteiger partial charge in [-0.3, -0.25) is 9.59 Å². The van der Waals surface area contributed by atoms with E-state index in [2.05, 4.69) is 16.7 Å². The summed E-state index contributed by atoms with van der Waals surface area (Å²) >= 11 is 7.17. The lowest BCUT2D eigenvalue weighted by Crippen LogP contribution is -2.31. The Hall–Kier alpha value is -2.69. The topological polar surface area (TPSA) is 95.1 Å². The van der Waals surface area contributed by atoms with Gasteiger partial charge in [0.2, 0.25) is 11.8 Å². The van der Waals surface area contributed by atoms with E-state index in [9.17, 15) is 14.9 Å². The van der Waals surface area contributed by atoms with Crippen molar-refractivity contribution in [3.8, 4) is 6.07 Å². The molecule has 0 aliphatic carbocycles. The van der Waals surface area contributed by atoms with E-state index in [-0.39, 0.29) is 24.0 Å². The summed E-state index contributed by atoms with van der Waals surface area (Å²) < 4.78 is 5.36. The Balaban J connectivity index is 1.73. The number of nitriles is 1. The number of nitrogens with zero attached hydrogens (tertiary/aromatic N) is 1. The van der Waals surface area contributed by atoms with Crippen molar-refractivity contribution in [3.63, 3.8) is 0 Å². The molecule has 3 rings (SSSR count). The van der Waals surface area contributed by atoms with Gasteiger partial charge in [0.1, 0.15) is 5.76 Å². The van der Waals surface area contributed by atoms with Crippen molar-refractivity contribution in [2.75, 3.05) is 11.1 Å². The average Bonchev–Trinajstić information content (AvgIpc) is 3.18. The molecule has 1 aromatic heterocycles. The minimum Gasteiger partial charge on any atom is -0.469 e. The van der Waals surface area contributed by atoms with Crippen LogP contribution < -0.4 is 10.6 Å². The molecule has 0 unspecified atom stereocenters. The predicted molar refractivity (Wildman–Crippen MR) is 104 cm³/mol. The number of furan rings is 1. The van der Waals surface area contributed by atoms with Gasteiger partial charge >= 0.3 is 0 Å². The highest BCUT2D eigenvalue weighted by molar-refractivity contribution is 8.03. The van der Waals surface area contributed by atoms with Gasteiger partial charge in [0, 0.05) is 17.1 Å². The molecule has 2 N–H and O–H groups in total. The van der Waals surface area contributed by atoms with E-state index in [1.807, 2.05) is 6.92 Å². The van der Waals surface area contributed by atoms with Crippen LogP contribution in [0.25, 0.3) is 0 Å². The first kappa shape index (κ1) is 19.1. The third kappa shape index (κ3) is 4.35. The van der Waals surface area contributed by atoms with Gasteiger partial charge in [-0.1, -0.05) is 29.4 Å². The van der Waals surface area contributed by atoms with Gasteiger partial charge in [0.25, 0.3) is 0 Å². The number of rotatable bonds is 5. The second kappa shape index (κ2) is 8.33. The Bertz CT molecular complexity index is 948. The normalized spacial score (nSPS) is 16.6. The van der Waals surface area contributed by atoms with Gasteiger partial charge in [-0.05, 0) is 36.8 Å². The van der Waals surface area contributed by atoms with E-state index in [4.69, 9.17) is 16.0 Å². The van der Waals surface area contributed by atoms with Gasteiger partial charge in [-0.25, -0.2) is 0 Å². The summed E-state index contributed by atoms with van der Waals surface area (Å²) in [4.78, 5) is 24.3. The van der Waals surface area contributed by atoms with Crippen molar-refractivity contribution in [2.45, 2.75) is 19.3 Å². The van der Waals surface area contributed by atoms with Crippen molar-refractivity contribution in [2.24, 2.45) is 0 Å². The third-order valence-electron chi connectivity index (χ3n) is 4.13. The number of carbonyl (C=O) groups excluding carboxylic acids is 2. The third-order valence-corrected chi connectivity index (χ3v) is 5.56. The van der Waals surface area contributed by atoms with Crippen LogP contribution in [0.15, 0.2) is 51.6 Å². The Morgan fingerprint density at radius 3 is 2.96 bits per heavy atom. The largest absolute Gasteiger partial charge is 0.469 e. The molecule has 1 aliphatic heterocycles. The molecular formula is C19H16ClN3O3S. The van der Waals surface area contributed by atoms with Crippen LogP contribution >= 0.6 is 23.4 Å². The molecule has 0 saturated carbocycles. The minimum absolute atomic E-state index is 0.0393. The van der Waals surface area contributed by atoms with Gasteiger partial charge < -0.3 is 15.1 Å². The minimum atomic E-state index is -0.445. The van der Waals surface area contributed by atoms with E-state index in [1.165, 1.54) is 6.26 Å². The number of amides is 2. The lowest BCUT2D eigenvalue weighted by atomic mass is 9.92. The molecule has 1 aromatic carbocycles. The van der Waals surface area contributed by atoms with Crippen LogP contribution in [-0.4, -0.2) is 17.6 Å². The number of allylic oxidation sites excluding steroid dienone is 1. The molecule has 6 nitrogen and oxygen atoms in total. The number of hydrogen-bond donors (Lipinski definition) is 2. The van der Waals surface area contributed by atoms with Gasteiger partial charge in [0.15, 0.2) is 0 Å². The Kier molecular flexibility index (Phi) is 5.89. The summed E-state index contributed by atoms with van der Waals surface area (Å²) in [5.74, 6) is -0.330.